The van der Waals surface area contributed by atoms with Crippen LogP contribution in [-0.2, 0) is 4.79 Å². The predicted molar refractivity (Wildman–Crippen MR) is 77.0 cm³/mol. The van der Waals surface area contributed by atoms with Crippen molar-refractivity contribution in [1.82, 2.24) is 5.32 Å². The van der Waals surface area contributed by atoms with E-state index in [4.69, 9.17) is 10.5 Å². The lowest BCUT2D eigenvalue weighted by Crippen LogP contribution is -2.46. The first-order valence-electron chi connectivity index (χ1n) is 6.64. The summed E-state index contributed by atoms with van der Waals surface area (Å²) in [4.78, 5) is 12.0. The molecule has 1 rings (SSSR count). The van der Waals surface area contributed by atoms with Gasteiger partial charge in [0.05, 0.1) is 0 Å². The Morgan fingerprint density at radius 3 is 2.45 bits per heavy atom. The fraction of sp³-hybridized carbons (Fsp3) is 0.533. The van der Waals surface area contributed by atoms with E-state index in [2.05, 4.69) is 5.32 Å². The van der Waals surface area contributed by atoms with Gasteiger partial charge in [-0.2, -0.15) is 0 Å². The van der Waals surface area contributed by atoms with E-state index in [1.165, 1.54) is 12.1 Å². The second kappa shape index (κ2) is 6.22. The smallest absolute Gasteiger partial charge is 0.261 e. The number of carbonyl (C=O) groups is 1. The van der Waals surface area contributed by atoms with E-state index >= 15 is 0 Å². The molecule has 1 unspecified atom stereocenters. The van der Waals surface area contributed by atoms with E-state index in [9.17, 15) is 9.18 Å². The van der Waals surface area contributed by atoms with Gasteiger partial charge in [-0.15, -0.1) is 0 Å². The van der Waals surface area contributed by atoms with Crippen LogP contribution in [0.25, 0.3) is 0 Å². The number of amides is 1. The molecule has 0 aromatic heterocycles. The van der Waals surface area contributed by atoms with Gasteiger partial charge in [0, 0.05) is 23.2 Å². The average molecular weight is 282 g/mol. The third kappa shape index (κ3) is 4.81. The number of carbonyl (C=O) groups excluding carboxylic acids is 1. The van der Waals surface area contributed by atoms with E-state index in [0.717, 1.165) is 0 Å². The van der Waals surface area contributed by atoms with Crippen LogP contribution >= 0.6 is 0 Å². The van der Waals surface area contributed by atoms with Crippen molar-refractivity contribution in [2.75, 3.05) is 0 Å². The molecule has 0 aliphatic rings. The van der Waals surface area contributed by atoms with Gasteiger partial charge in [0.25, 0.3) is 5.91 Å². The van der Waals surface area contributed by atoms with Crippen LogP contribution in [0.1, 0.15) is 46.2 Å². The molecule has 0 aliphatic carbocycles. The van der Waals surface area contributed by atoms with Gasteiger partial charge < -0.3 is 15.8 Å². The van der Waals surface area contributed by atoms with Gasteiger partial charge in [-0.05, 0) is 40.7 Å². The molecule has 0 aliphatic heterocycles. The van der Waals surface area contributed by atoms with Crippen molar-refractivity contribution in [2.45, 2.75) is 52.3 Å². The number of rotatable bonds is 4. The van der Waals surface area contributed by atoms with Crippen molar-refractivity contribution in [1.29, 1.82) is 0 Å². The number of hydrogen-bond donors (Lipinski definition) is 2. The summed E-state index contributed by atoms with van der Waals surface area (Å²) < 4.78 is 18.9. The van der Waals surface area contributed by atoms with Crippen molar-refractivity contribution in [3.05, 3.63) is 29.6 Å². The Kier molecular flexibility index (Phi) is 5.11. The molecular weight excluding hydrogens is 259 g/mol. The van der Waals surface area contributed by atoms with E-state index in [1.54, 1.807) is 19.9 Å². The standard InChI is InChI=1S/C15H23FN2O2/c1-9(17)12-7-6-11(16)8-13(12)20-10(2)14(19)18-15(3,4)5/h6-10H,17H2,1-5H3,(H,18,19)/t9-,10?/m0/s1. The van der Waals surface area contributed by atoms with Crippen LogP contribution in [0.4, 0.5) is 4.39 Å². The van der Waals surface area contributed by atoms with Crippen LogP contribution in [0.2, 0.25) is 0 Å². The number of ether oxygens (including phenoxy) is 1. The summed E-state index contributed by atoms with van der Waals surface area (Å²) in [7, 11) is 0. The second-order valence-electron chi connectivity index (χ2n) is 5.97. The monoisotopic (exact) mass is 282 g/mol. The van der Waals surface area contributed by atoms with Gasteiger partial charge in [0.15, 0.2) is 6.10 Å². The maximum absolute atomic E-state index is 13.3. The van der Waals surface area contributed by atoms with Crippen molar-refractivity contribution in [3.8, 4) is 5.75 Å². The molecule has 20 heavy (non-hydrogen) atoms. The summed E-state index contributed by atoms with van der Waals surface area (Å²) >= 11 is 0. The molecule has 0 spiro atoms. The molecule has 5 heteroatoms. The zero-order valence-corrected chi connectivity index (χ0v) is 12.7. The van der Waals surface area contributed by atoms with Crippen molar-refractivity contribution < 1.29 is 13.9 Å². The Morgan fingerprint density at radius 1 is 1.35 bits per heavy atom. The van der Waals surface area contributed by atoms with Gasteiger partial charge in [0.1, 0.15) is 11.6 Å². The molecule has 0 saturated heterocycles. The highest BCUT2D eigenvalue weighted by Gasteiger charge is 2.22. The third-order valence-electron chi connectivity index (χ3n) is 2.64. The number of hydrogen-bond acceptors (Lipinski definition) is 3. The average Bonchev–Trinajstić information content (AvgIpc) is 2.26. The minimum atomic E-state index is -0.728. The Morgan fingerprint density at radius 2 is 1.95 bits per heavy atom. The SMILES string of the molecule is CC(Oc1cc(F)ccc1[C@H](C)N)C(=O)NC(C)(C)C. The molecule has 1 aromatic carbocycles. The molecule has 2 atom stereocenters. The van der Waals surface area contributed by atoms with E-state index in [-0.39, 0.29) is 17.5 Å². The lowest BCUT2D eigenvalue weighted by Gasteiger charge is -2.24. The zero-order valence-electron chi connectivity index (χ0n) is 12.7. The molecule has 0 saturated carbocycles. The summed E-state index contributed by atoms with van der Waals surface area (Å²) in [6, 6.07) is 3.85. The Labute approximate surface area is 119 Å². The van der Waals surface area contributed by atoms with Crippen molar-refractivity contribution in [2.24, 2.45) is 5.73 Å². The fourth-order valence-corrected chi connectivity index (χ4v) is 1.70. The molecular formula is C15H23FN2O2. The molecule has 112 valence electrons. The Balaban J connectivity index is 2.87. The molecule has 0 heterocycles. The van der Waals surface area contributed by atoms with E-state index in [1.807, 2.05) is 20.8 Å². The second-order valence-corrected chi connectivity index (χ2v) is 5.97. The highest BCUT2D eigenvalue weighted by atomic mass is 19.1. The van der Waals surface area contributed by atoms with Crippen LogP contribution in [-0.4, -0.2) is 17.6 Å². The van der Waals surface area contributed by atoms with Gasteiger partial charge >= 0.3 is 0 Å². The summed E-state index contributed by atoms with van der Waals surface area (Å²) in [6.45, 7) is 9.05. The molecule has 0 fully saturated rings. The van der Waals surface area contributed by atoms with Crippen LogP contribution in [0.3, 0.4) is 0 Å². The number of benzene rings is 1. The minimum Gasteiger partial charge on any atom is -0.480 e. The summed E-state index contributed by atoms with van der Waals surface area (Å²) in [5, 5.41) is 2.81. The van der Waals surface area contributed by atoms with Gasteiger partial charge in [-0.25, -0.2) is 4.39 Å². The number of halogens is 1. The van der Waals surface area contributed by atoms with Crippen molar-refractivity contribution >= 4 is 5.91 Å². The van der Waals surface area contributed by atoms with Crippen LogP contribution < -0.4 is 15.8 Å². The van der Waals surface area contributed by atoms with Gasteiger partial charge in [-0.1, -0.05) is 6.07 Å². The Bertz CT molecular complexity index is 481. The lowest BCUT2D eigenvalue weighted by molar-refractivity contribution is -0.128. The summed E-state index contributed by atoms with van der Waals surface area (Å²) in [5.41, 5.74) is 6.14. The third-order valence-corrected chi connectivity index (χ3v) is 2.64. The van der Waals surface area contributed by atoms with Crippen LogP contribution in [0.15, 0.2) is 18.2 Å². The highest BCUT2D eigenvalue weighted by Crippen LogP contribution is 2.25. The van der Waals surface area contributed by atoms with E-state index < -0.39 is 11.9 Å². The number of nitrogens with one attached hydrogen (secondary N) is 1. The summed E-state index contributed by atoms with van der Waals surface area (Å²) in [6.07, 6.45) is -0.728. The molecule has 1 aromatic rings. The maximum Gasteiger partial charge on any atom is 0.261 e. The quantitative estimate of drug-likeness (QED) is 0.892. The molecule has 0 radical (unpaired) electrons. The lowest BCUT2D eigenvalue weighted by atomic mass is 10.1. The molecule has 0 bridgehead atoms. The molecule has 3 N–H and O–H groups in total. The van der Waals surface area contributed by atoms with Crippen molar-refractivity contribution in [3.63, 3.8) is 0 Å². The van der Waals surface area contributed by atoms with Gasteiger partial charge in [0.2, 0.25) is 0 Å². The topological polar surface area (TPSA) is 64.3 Å². The number of nitrogens with two attached hydrogens (primary N) is 1. The largest absolute Gasteiger partial charge is 0.480 e. The zero-order chi connectivity index (χ0) is 15.5. The van der Waals surface area contributed by atoms with Gasteiger partial charge in [-0.3, -0.25) is 4.79 Å². The first-order valence-corrected chi connectivity index (χ1v) is 6.64. The predicted octanol–water partition coefficient (Wildman–Crippen LogP) is 2.53. The van der Waals surface area contributed by atoms with Crippen LogP contribution in [0.5, 0.6) is 5.75 Å². The normalized spacial score (nSPS) is 14.6. The first-order chi connectivity index (χ1) is 9.10. The molecule has 4 nitrogen and oxygen atoms in total. The Hall–Kier alpha value is -1.62. The fourth-order valence-electron chi connectivity index (χ4n) is 1.70. The first kappa shape index (κ1) is 16.4. The van der Waals surface area contributed by atoms with Crippen LogP contribution in [0, 0.1) is 5.82 Å². The maximum atomic E-state index is 13.3. The van der Waals surface area contributed by atoms with E-state index in [0.29, 0.717) is 11.3 Å². The molecule has 1 amide bonds. The minimum absolute atomic E-state index is 0.252. The highest BCUT2D eigenvalue weighted by molar-refractivity contribution is 5.81. The summed E-state index contributed by atoms with van der Waals surface area (Å²) in [5.74, 6) is -0.373.